The lowest BCUT2D eigenvalue weighted by atomic mass is 9.86. The summed E-state index contributed by atoms with van der Waals surface area (Å²) in [4.78, 5) is 10.5. The van der Waals surface area contributed by atoms with Gasteiger partial charge in [0.15, 0.2) is 6.29 Å². The van der Waals surface area contributed by atoms with Crippen LogP contribution in [0.1, 0.15) is 70.5 Å². The van der Waals surface area contributed by atoms with Crippen LogP contribution in [-0.4, -0.2) is 16.5 Å². The van der Waals surface area contributed by atoms with Crippen molar-refractivity contribution >= 4 is 6.29 Å². The van der Waals surface area contributed by atoms with Gasteiger partial charge in [-0.1, -0.05) is 67.2 Å². The summed E-state index contributed by atoms with van der Waals surface area (Å²) in [5.74, 6) is 0.376. The number of benzene rings is 2. The third-order valence-corrected chi connectivity index (χ3v) is 3.75. The lowest BCUT2D eigenvalue weighted by molar-refractivity contribution is 0.112. The number of aromatic hydroxyl groups is 2. The molecule has 2 aromatic carbocycles. The zero-order valence-electron chi connectivity index (χ0n) is 15.4. The maximum absolute atomic E-state index is 10.5. The highest BCUT2D eigenvalue weighted by molar-refractivity contribution is 5.79. The number of aldehydes is 1. The van der Waals surface area contributed by atoms with Crippen LogP contribution in [0.2, 0.25) is 0 Å². The van der Waals surface area contributed by atoms with Crippen LogP contribution in [-0.2, 0) is 10.8 Å². The molecule has 138 valence electrons. The van der Waals surface area contributed by atoms with Crippen molar-refractivity contribution < 1.29 is 15.0 Å². The second-order valence-corrected chi connectivity index (χ2v) is 7.94. The topological polar surface area (TPSA) is 57.5 Å². The molecule has 0 aliphatic heterocycles. The van der Waals surface area contributed by atoms with E-state index in [4.69, 9.17) is 5.11 Å². The van der Waals surface area contributed by atoms with Gasteiger partial charge in [0.25, 0.3) is 0 Å². The van der Waals surface area contributed by atoms with Crippen molar-refractivity contribution in [1.82, 2.24) is 0 Å². The van der Waals surface area contributed by atoms with Crippen molar-refractivity contribution in [2.45, 2.75) is 59.8 Å². The molecule has 25 heavy (non-hydrogen) atoms. The molecule has 2 N–H and O–H groups in total. The molecule has 0 fully saturated rings. The first kappa shape index (κ1) is 22.7. The van der Waals surface area contributed by atoms with Crippen LogP contribution in [0.4, 0.5) is 0 Å². The molecule has 3 heteroatoms. The molecular weight excluding hydrogens is 312 g/mol. The van der Waals surface area contributed by atoms with Crippen LogP contribution >= 0.6 is 0 Å². The van der Waals surface area contributed by atoms with Crippen molar-refractivity contribution in [3.05, 3.63) is 59.2 Å². The first-order chi connectivity index (χ1) is 10.9. The van der Waals surface area contributed by atoms with E-state index in [1.807, 2.05) is 18.2 Å². The van der Waals surface area contributed by atoms with E-state index in [2.05, 4.69) is 41.5 Å². The molecule has 2 rings (SSSR count). The molecule has 0 amide bonds. The summed E-state index contributed by atoms with van der Waals surface area (Å²) < 4.78 is 0. The van der Waals surface area contributed by atoms with E-state index >= 15 is 0 Å². The fourth-order valence-corrected chi connectivity index (χ4v) is 2.08. The largest absolute Gasteiger partial charge is 0.508 e. The second-order valence-electron chi connectivity index (χ2n) is 7.94. The lowest BCUT2D eigenvalue weighted by Crippen LogP contribution is -2.11. The van der Waals surface area contributed by atoms with E-state index in [1.165, 1.54) is 5.56 Å². The van der Waals surface area contributed by atoms with Crippen molar-refractivity contribution in [1.29, 1.82) is 0 Å². The number of hydrogen-bond donors (Lipinski definition) is 2. The van der Waals surface area contributed by atoms with Crippen LogP contribution in [0.3, 0.4) is 0 Å². The predicted octanol–water partition coefficient (Wildman–Crippen LogP) is 5.83. The highest BCUT2D eigenvalue weighted by Gasteiger charge is 2.15. The summed E-state index contributed by atoms with van der Waals surface area (Å²) in [6.45, 7) is 12.6. The van der Waals surface area contributed by atoms with Crippen molar-refractivity contribution in [3.8, 4) is 11.5 Å². The fraction of sp³-hybridized carbons (Fsp3) is 0.409. The molecule has 0 atom stereocenters. The average molecular weight is 344 g/mol. The van der Waals surface area contributed by atoms with Gasteiger partial charge in [0, 0.05) is 0 Å². The van der Waals surface area contributed by atoms with Crippen molar-refractivity contribution in [2.24, 2.45) is 0 Å². The standard InChI is InChI=1S/C11H14O2.C10H14O.CH4/c1-11(2,3)9-4-5-10(13)8(6-9)7-12;1-10(2,3)8-4-6-9(11)7-5-8;/h4-7,13H,1-3H3;4-7,11H,1-3H3;1H4. The molecule has 3 nitrogen and oxygen atoms in total. The van der Waals surface area contributed by atoms with E-state index < -0.39 is 0 Å². The summed E-state index contributed by atoms with van der Waals surface area (Å²) in [5.41, 5.74) is 2.83. The zero-order chi connectivity index (χ0) is 18.5. The first-order valence-corrected chi connectivity index (χ1v) is 8.03. The smallest absolute Gasteiger partial charge is 0.153 e. The van der Waals surface area contributed by atoms with E-state index in [9.17, 15) is 9.90 Å². The minimum atomic E-state index is 0. The van der Waals surface area contributed by atoms with Crippen LogP contribution in [0, 0.1) is 0 Å². The van der Waals surface area contributed by atoms with Gasteiger partial charge in [-0.3, -0.25) is 4.79 Å². The molecule has 2 aromatic rings. The first-order valence-electron chi connectivity index (χ1n) is 8.03. The van der Waals surface area contributed by atoms with Gasteiger partial charge in [0.2, 0.25) is 0 Å². The fourth-order valence-electron chi connectivity index (χ4n) is 2.08. The highest BCUT2D eigenvalue weighted by Crippen LogP contribution is 2.26. The van der Waals surface area contributed by atoms with Gasteiger partial charge < -0.3 is 10.2 Å². The van der Waals surface area contributed by atoms with Crippen LogP contribution < -0.4 is 0 Å². The van der Waals surface area contributed by atoms with Crippen molar-refractivity contribution in [2.75, 3.05) is 0 Å². The highest BCUT2D eigenvalue weighted by atomic mass is 16.3. The summed E-state index contributed by atoms with van der Waals surface area (Å²) >= 11 is 0. The molecule has 0 aromatic heterocycles. The SMILES string of the molecule is C.CC(C)(C)c1ccc(O)c(C=O)c1.CC(C)(C)c1ccc(O)cc1. The van der Waals surface area contributed by atoms with Gasteiger partial charge in [0.05, 0.1) is 5.56 Å². The number of carbonyl (C=O) groups excluding carboxylic acids is 1. The number of rotatable bonds is 1. The molecule has 0 unspecified atom stereocenters. The zero-order valence-corrected chi connectivity index (χ0v) is 15.4. The summed E-state index contributed by atoms with van der Waals surface area (Å²) in [5, 5.41) is 18.3. The lowest BCUT2D eigenvalue weighted by Gasteiger charge is -2.19. The van der Waals surface area contributed by atoms with Gasteiger partial charge >= 0.3 is 0 Å². The van der Waals surface area contributed by atoms with Crippen LogP contribution in [0.25, 0.3) is 0 Å². The van der Waals surface area contributed by atoms with Gasteiger partial charge in [0.1, 0.15) is 11.5 Å². The Morgan fingerprint density at radius 1 is 0.760 bits per heavy atom. The molecular formula is C22H32O3. The Balaban J connectivity index is 0.000000449. The minimum absolute atomic E-state index is 0. The van der Waals surface area contributed by atoms with Gasteiger partial charge in [-0.15, -0.1) is 0 Å². The van der Waals surface area contributed by atoms with Crippen LogP contribution in [0.5, 0.6) is 11.5 Å². The molecule has 0 aliphatic carbocycles. The van der Waals surface area contributed by atoms with Gasteiger partial charge in [-0.2, -0.15) is 0 Å². The van der Waals surface area contributed by atoms with Gasteiger partial charge in [-0.25, -0.2) is 0 Å². The normalized spacial score (nSPS) is 11.0. The average Bonchev–Trinajstić information content (AvgIpc) is 2.46. The monoisotopic (exact) mass is 344 g/mol. The minimum Gasteiger partial charge on any atom is -0.508 e. The molecule has 0 bridgehead atoms. The summed E-state index contributed by atoms with van der Waals surface area (Å²) in [7, 11) is 0. The summed E-state index contributed by atoms with van der Waals surface area (Å²) in [6, 6.07) is 12.5. The maximum atomic E-state index is 10.5. The molecule has 0 radical (unpaired) electrons. The van der Waals surface area contributed by atoms with Gasteiger partial charge in [-0.05, 0) is 46.2 Å². The Kier molecular flexibility index (Phi) is 7.91. The number of carbonyl (C=O) groups is 1. The predicted molar refractivity (Wildman–Crippen MR) is 106 cm³/mol. The van der Waals surface area contributed by atoms with E-state index in [1.54, 1.807) is 24.3 Å². The number of phenols is 2. The summed E-state index contributed by atoms with van der Waals surface area (Å²) in [6.07, 6.45) is 0.671. The third kappa shape index (κ3) is 7.00. The Bertz CT molecular complexity index is 672. The molecule has 0 spiro atoms. The Labute approximate surface area is 152 Å². The Morgan fingerprint density at radius 2 is 1.20 bits per heavy atom. The second kappa shape index (κ2) is 8.70. The maximum Gasteiger partial charge on any atom is 0.153 e. The third-order valence-electron chi connectivity index (χ3n) is 3.75. The van der Waals surface area contributed by atoms with E-state index in [-0.39, 0.29) is 24.0 Å². The Hall–Kier alpha value is -2.29. The number of phenolic OH excluding ortho intramolecular Hbond substituents is 2. The molecule has 0 aliphatic rings. The number of hydrogen-bond acceptors (Lipinski definition) is 3. The van der Waals surface area contributed by atoms with Crippen LogP contribution in [0.15, 0.2) is 42.5 Å². The Morgan fingerprint density at radius 3 is 1.60 bits per heavy atom. The van der Waals surface area contributed by atoms with E-state index in [0.29, 0.717) is 17.6 Å². The van der Waals surface area contributed by atoms with E-state index in [0.717, 1.165) is 5.56 Å². The molecule has 0 saturated carbocycles. The van der Waals surface area contributed by atoms with Crippen molar-refractivity contribution in [3.63, 3.8) is 0 Å². The quantitative estimate of drug-likeness (QED) is 0.640. The molecule has 0 saturated heterocycles. The molecule has 0 heterocycles.